The molecule has 0 aliphatic heterocycles. The zero-order valence-corrected chi connectivity index (χ0v) is 11.6. The van der Waals surface area contributed by atoms with E-state index in [0.717, 1.165) is 12.0 Å². The highest BCUT2D eigenvalue weighted by atomic mass is 16.1. The summed E-state index contributed by atoms with van der Waals surface area (Å²) in [6.07, 6.45) is 6.68. The maximum Gasteiger partial charge on any atom is 0.163 e. The first-order valence-corrected chi connectivity index (χ1v) is 7.59. The molecule has 0 saturated carbocycles. The predicted molar refractivity (Wildman–Crippen MR) is 81.2 cm³/mol. The van der Waals surface area contributed by atoms with Gasteiger partial charge in [0.2, 0.25) is 0 Å². The maximum absolute atomic E-state index is 11.7. The summed E-state index contributed by atoms with van der Waals surface area (Å²) in [5.41, 5.74) is 7.76. The summed E-state index contributed by atoms with van der Waals surface area (Å²) in [7, 11) is 0. The highest BCUT2D eigenvalue weighted by Gasteiger charge is 2.19. The van der Waals surface area contributed by atoms with Crippen molar-refractivity contribution in [1.82, 2.24) is 0 Å². The largest absolute Gasteiger partial charge is 0.294 e. The molecule has 0 bridgehead atoms. The van der Waals surface area contributed by atoms with E-state index in [1.165, 1.54) is 53.5 Å². The molecule has 1 nitrogen and oxygen atoms in total. The molecule has 20 heavy (non-hydrogen) atoms. The second kappa shape index (κ2) is 4.59. The molecule has 100 valence electrons. The van der Waals surface area contributed by atoms with E-state index < -0.39 is 0 Å². The Labute approximate surface area is 119 Å². The Morgan fingerprint density at radius 3 is 2.20 bits per heavy atom. The summed E-state index contributed by atoms with van der Waals surface area (Å²) < 4.78 is 0. The Hall–Kier alpha value is -1.89. The molecule has 1 heteroatoms. The minimum Gasteiger partial charge on any atom is -0.294 e. The van der Waals surface area contributed by atoms with Crippen molar-refractivity contribution < 1.29 is 4.79 Å². The third-order valence-electron chi connectivity index (χ3n) is 4.71. The standard InChI is InChI=1S/C19H18O/c20-19-10-8-17-12-16(7-9-18(17)19)15-6-5-13-3-1-2-4-14(13)11-15/h5-7,9,11-12H,1-4,8,10H2. The van der Waals surface area contributed by atoms with Gasteiger partial charge in [0.05, 0.1) is 0 Å². The van der Waals surface area contributed by atoms with Crippen molar-refractivity contribution >= 4 is 5.78 Å². The van der Waals surface area contributed by atoms with Crippen LogP contribution in [0.5, 0.6) is 0 Å². The Balaban J connectivity index is 1.76. The van der Waals surface area contributed by atoms with Crippen LogP contribution in [0.15, 0.2) is 36.4 Å². The lowest BCUT2D eigenvalue weighted by molar-refractivity contribution is 0.0994. The molecular weight excluding hydrogens is 244 g/mol. The van der Waals surface area contributed by atoms with Crippen molar-refractivity contribution in [3.05, 3.63) is 58.7 Å². The van der Waals surface area contributed by atoms with Crippen LogP contribution < -0.4 is 0 Å². The molecule has 2 aromatic rings. The highest BCUT2D eigenvalue weighted by Crippen LogP contribution is 2.31. The minimum atomic E-state index is 0.303. The number of fused-ring (bicyclic) bond motifs is 2. The van der Waals surface area contributed by atoms with Crippen LogP contribution in [-0.4, -0.2) is 5.78 Å². The molecule has 0 heterocycles. The fraction of sp³-hybridized carbons (Fsp3) is 0.316. The monoisotopic (exact) mass is 262 g/mol. The molecule has 0 amide bonds. The number of benzene rings is 2. The second-order valence-electron chi connectivity index (χ2n) is 5.99. The van der Waals surface area contributed by atoms with Gasteiger partial charge in [-0.05, 0) is 59.9 Å². The topological polar surface area (TPSA) is 17.1 Å². The first-order chi connectivity index (χ1) is 9.81. The number of aryl methyl sites for hydroxylation is 3. The van der Waals surface area contributed by atoms with Crippen molar-refractivity contribution in [3.8, 4) is 11.1 Å². The Bertz CT molecular complexity index is 697. The summed E-state index contributed by atoms with van der Waals surface area (Å²) >= 11 is 0. The van der Waals surface area contributed by atoms with E-state index in [2.05, 4.69) is 30.3 Å². The van der Waals surface area contributed by atoms with Crippen LogP contribution in [0, 0.1) is 0 Å². The summed E-state index contributed by atoms with van der Waals surface area (Å²) in [6.45, 7) is 0. The van der Waals surface area contributed by atoms with Gasteiger partial charge >= 0.3 is 0 Å². The molecule has 4 rings (SSSR count). The van der Waals surface area contributed by atoms with Gasteiger partial charge in [0.15, 0.2) is 5.78 Å². The number of hydrogen-bond donors (Lipinski definition) is 0. The van der Waals surface area contributed by atoms with Crippen molar-refractivity contribution in [1.29, 1.82) is 0 Å². The quantitative estimate of drug-likeness (QED) is 0.746. The fourth-order valence-corrected chi connectivity index (χ4v) is 3.55. The van der Waals surface area contributed by atoms with Crippen molar-refractivity contribution in [3.63, 3.8) is 0 Å². The molecule has 0 unspecified atom stereocenters. The third-order valence-corrected chi connectivity index (χ3v) is 4.71. The molecule has 0 saturated heterocycles. The van der Waals surface area contributed by atoms with Gasteiger partial charge in [0.1, 0.15) is 0 Å². The Morgan fingerprint density at radius 1 is 0.650 bits per heavy atom. The summed E-state index contributed by atoms with van der Waals surface area (Å²) in [6, 6.07) is 13.2. The van der Waals surface area contributed by atoms with Crippen LogP contribution in [0.25, 0.3) is 11.1 Å². The number of ketones is 1. The van der Waals surface area contributed by atoms with Gasteiger partial charge < -0.3 is 0 Å². The predicted octanol–water partition coefficient (Wildman–Crippen LogP) is 4.36. The van der Waals surface area contributed by atoms with Crippen LogP contribution in [0.2, 0.25) is 0 Å². The van der Waals surface area contributed by atoms with E-state index in [9.17, 15) is 4.79 Å². The van der Waals surface area contributed by atoms with Crippen LogP contribution in [0.4, 0.5) is 0 Å². The third kappa shape index (κ3) is 1.89. The molecule has 2 aromatic carbocycles. The van der Waals surface area contributed by atoms with Crippen molar-refractivity contribution in [2.24, 2.45) is 0 Å². The average Bonchev–Trinajstić information content (AvgIpc) is 2.88. The summed E-state index contributed by atoms with van der Waals surface area (Å²) in [5.74, 6) is 0.303. The van der Waals surface area contributed by atoms with Gasteiger partial charge in [-0.15, -0.1) is 0 Å². The Kier molecular flexibility index (Phi) is 2.73. The van der Waals surface area contributed by atoms with Crippen LogP contribution in [-0.2, 0) is 19.3 Å². The lowest BCUT2D eigenvalue weighted by Gasteiger charge is -2.17. The summed E-state index contributed by atoms with van der Waals surface area (Å²) in [4.78, 5) is 11.7. The molecule has 2 aliphatic carbocycles. The normalized spacial score (nSPS) is 16.9. The van der Waals surface area contributed by atoms with E-state index in [-0.39, 0.29) is 0 Å². The van der Waals surface area contributed by atoms with E-state index in [1.54, 1.807) is 0 Å². The van der Waals surface area contributed by atoms with Gasteiger partial charge in [-0.25, -0.2) is 0 Å². The first-order valence-electron chi connectivity index (χ1n) is 7.59. The van der Waals surface area contributed by atoms with Gasteiger partial charge in [0, 0.05) is 12.0 Å². The molecule has 0 fully saturated rings. The van der Waals surface area contributed by atoms with Gasteiger partial charge in [-0.2, -0.15) is 0 Å². The van der Waals surface area contributed by atoms with Crippen LogP contribution >= 0.6 is 0 Å². The smallest absolute Gasteiger partial charge is 0.163 e. The highest BCUT2D eigenvalue weighted by molar-refractivity contribution is 6.00. The van der Waals surface area contributed by atoms with Crippen LogP contribution in [0.1, 0.15) is 46.3 Å². The zero-order chi connectivity index (χ0) is 13.5. The molecular formula is C19H18O. The Morgan fingerprint density at radius 2 is 1.35 bits per heavy atom. The van der Waals surface area contributed by atoms with E-state index in [0.29, 0.717) is 12.2 Å². The molecule has 0 atom stereocenters. The molecule has 2 aliphatic rings. The first kappa shape index (κ1) is 11.9. The minimum absolute atomic E-state index is 0.303. The lowest BCUT2D eigenvalue weighted by Crippen LogP contribution is -2.02. The number of carbonyl (C=O) groups is 1. The number of hydrogen-bond acceptors (Lipinski definition) is 1. The van der Waals surface area contributed by atoms with E-state index in [1.807, 2.05) is 6.07 Å². The number of Topliss-reactive ketones (excluding diaryl/α,β-unsaturated/α-hetero) is 1. The summed E-state index contributed by atoms with van der Waals surface area (Å²) in [5, 5.41) is 0. The van der Waals surface area contributed by atoms with E-state index in [4.69, 9.17) is 0 Å². The van der Waals surface area contributed by atoms with Gasteiger partial charge in [0.25, 0.3) is 0 Å². The van der Waals surface area contributed by atoms with Crippen molar-refractivity contribution in [2.75, 3.05) is 0 Å². The second-order valence-corrected chi connectivity index (χ2v) is 5.99. The number of rotatable bonds is 1. The molecule has 0 N–H and O–H groups in total. The SMILES string of the molecule is O=C1CCc2cc(-c3ccc4c(c3)CCCC4)ccc21. The molecule has 0 aromatic heterocycles. The van der Waals surface area contributed by atoms with E-state index >= 15 is 0 Å². The van der Waals surface area contributed by atoms with Crippen LogP contribution in [0.3, 0.4) is 0 Å². The fourth-order valence-electron chi connectivity index (χ4n) is 3.55. The number of carbonyl (C=O) groups excluding carboxylic acids is 1. The van der Waals surface area contributed by atoms with Gasteiger partial charge in [-0.3, -0.25) is 4.79 Å². The average molecular weight is 262 g/mol. The van der Waals surface area contributed by atoms with Gasteiger partial charge in [-0.1, -0.05) is 36.4 Å². The molecule has 0 radical (unpaired) electrons. The maximum atomic E-state index is 11.7. The molecule has 0 spiro atoms. The van der Waals surface area contributed by atoms with Crippen molar-refractivity contribution in [2.45, 2.75) is 38.5 Å². The lowest BCUT2D eigenvalue weighted by atomic mass is 9.89. The zero-order valence-electron chi connectivity index (χ0n) is 11.6.